The summed E-state index contributed by atoms with van der Waals surface area (Å²) in [6.45, 7) is 4.06. The Morgan fingerprint density at radius 3 is 2.31 bits per heavy atom. The van der Waals surface area contributed by atoms with Gasteiger partial charge in [-0.05, 0) is 36.6 Å². The number of ether oxygens (including phenoxy) is 1. The lowest BCUT2D eigenvalue weighted by atomic mass is 9.91. The molecule has 0 saturated carbocycles. The first-order valence-electron chi connectivity index (χ1n) is 9.40. The zero-order valence-electron chi connectivity index (χ0n) is 15.8. The van der Waals surface area contributed by atoms with Crippen molar-refractivity contribution in [3.05, 3.63) is 42.5 Å². The summed E-state index contributed by atoms with van der Waals surface area (Å²) in [4.78, 5) is 27.5. The highest BCUT2D eigenvalue weighted by atomic mass is 19.4. The van der Waals surface area contributed by atoms with Gasteiger partial charge in [-0.2, -0.15) is 0 Å². The van der Waals surface area contributed by atoms with Crippen LogP contribution in [-0.4, -0.2) is 53.3 Å². The molecule has 0 radical (unpaired) electrons. The molecule has 1 unspecified atom stereocenters. The first-order chi connectivity index (χ1) is 13.6. The van der Waals surface area contributed by atoms with Crippen molar-refractivity contribution < 1.29 is 31.9 Å². The third-order valence-electron chi connectivity index (χ3n) is 5.44. The number of alkyl halides is 4. The van der Waals surface area contributed by atoms with E-state index in [1.807, 2.05) is 0 Å². The third-order valence-corrected chi connectivity index (χ3v) is 5.44. The lowest BCUT2D eigenvalue weighted by Crippen LogP contribution is -2.53. The zero-order valence-corrected chi connectivity index (χ0v) is 15.8. The van der Waals surface area contributed by atoms with Gasteiger partial charge in [0.2, 0.25) is 5.91 Å². The van der Waals surface area contributed by atoms with Crippen molar-refractivity contribution in [1.29, 1.82) is 0 Å². The van der Waals surface area contributed by atoms with E-state index in [1.165, 1.54) is 34.1 Å². The SMILES string of the molecule is C=CC(=O)N1CCC(F)(C(=O)N2CCCC2c2ccc(OC(F)(F)F)cc2)CC1. The second-order valence-corrected chi connectivity index (χ2v) is 7.27. The van der Waals surface area contributed by atoms with Crippen LogP contribution >= 0.6 is 0 Å². The van der Waals surface area contributed by atoms with Crippen LogP contribution in [0.25, 0.3) is 0 Å². The highest BCUT2D eigenvalue weighted by molar-refractivity contribution is 5.89. The number of piperidine rings is 1. The van der Waals surface area contributed by atoms with Crippen LogP contribution in [0.1, 0.15) is 37.3 Å². The molecule has 0 aliphatic carbocycles. The largest absolute Gasteiger partial charge is 0.573 e. The predicted octanol–water partition coefficient (Wildman–Crippen LogP) is 3.77. The van der Waals surface area contributed by atoms with Crippen molar-refractivity contribution in [3.8, 4) is 5.75 Å². The third kappa shape index (κ3) is 4.71. The molecule has 0 N–H and O–H groups in total. The van der Waals surface area contributed by atoms with Crippen molar-refractivity contribution in [2.24, 2.45) is 0 Å². The van der Waals surface area contributed by atoms with Crippen molar-refractivity contribution in [3.63, 3.8) is 0 Å². The Morgan fingerprint density at radius 1 is 1.14 bits per heavy atom. The molecule has 3 rings (SSSR count). The summed E-state index contributed by atoms with van der Waals surface area (Å²) >= 11 is 0. The number of hydrogen-bond donors (Lipinski definition) is 0. The van der Waals surface area contributed by atoms with E-state index in [9.17, 15) is 22.8 Å². The van der Waals surface area contributed by atoms with E-state index in [1.54, 1.807) is 0 Å². The second-order valence-electron chi connectivity index (χ2n) is 7.27. The first kappa shape index (κ1) is 21.1. The van der Waals surface area contributed by atoms with Crippen LogP contribution in [-0.2, 0) is 9.59 Å². The summed E-state index contributed by atoms with van der Waals surface area (Å²) in [5.41, 5.74) is -1.42. The van der Waals surface area contributed by atoms with Gasteiger partial charge in [-0.15, -0.1) is 13.2 Å². The quantitative estimate of drug-likeness (QED) is 0.557. The molecule has 0 bridgehead atoms. The molecule has 2 saturated heterocycles. The van der Waals surface area contributed by atoms with Gasteiger partial charge in [-0.25, -0.2) is 4.39 Å². The summed E-state index contributed by atoms with van der Waals surface area (Å²) in [6.07, 6.45) is -2.52. The smallest absolute Gasteiger partial charge is 0.406 e. The number of carbonyl (C=O) groups is 2. The minimum atomic E-state index is -4.78. The number of halogens is 4. The lowest BCUT2D eigenvalue weighted by Gasteiger charge is -2.38. The highest BCUT2D eigenvalue weighted by Crippen LogP contribution is 2.38. The summed E-state index contributed by atoms with van der Waals surface area (Å²) in [6, 6.07) is 4.91. The predicted molar refractivity (Wildman–Crippen MR) is 96.7 cm³/mol. The summed E-state index contributed by atoms with van der Waals surface area (Å²) in [7, 11) is 0. The molecular formula is C20H22F4N2O3. The standard InChI is InChI=1S/C20H22F4N2O3/c1-2-17(27)25-12-9-19(21,10-13-25)18(28)26-11-3-4-16(26)14-5-7-15(8-6-14)29-20(22,23)24/h2,5-8,16H,1,3-4,9-13H2. The fraction of sp³-hybridized carbons (Fsp3) is 0.500. The lowest BCUT2D eigenvalue weighted by molar-refractivity contribution is -0.274. The molecule has 2 aliphatic heterocycles. The topological polar surface area (TPSA) is 49.9 Å². The van der Waals surface area contributed by atoms with Gasteiger partial charge in [0.15, 0.2) is 5.67 Å². The second kappa shape index (κ2) is 8.04. The number of benzene rings is 1. The van der Waals surface area contributed by atoms with Crippen LogP contribution in [0.3, 0.4) is 0 Å². The molecular weight excluding hydrogens is 392 g/mol. The average Bonchev–Trinajstić information content (AvgIpc) is 3.16. The normalized spacial score (nSPS) is 21.7. The Morgan fingerprint density at radius 2 is 1.76 bits per heavy atom. The number of carbonyl (C=O) groups excluding carboxylic acids is 2. The Kier molecular flexibility index (Phi) is 5.86. The molecule has 2 fully saturated rings. The Balaban J connectivity index is 1.69. The van der Waals surface area contributed by atoms with Crippen LogP contribution < -0.4 is 4.74 Å². The molecule has 5 nitrogen and oxygen atoms in total. The van der Waals surface area contributed by atoms with Crippen LogP contribution in [0.15, 0.2) is 36.9 Å². The fourth-order valence-corrected chi connectivity index (χ4v) is 3.93. The summed E-state index contributed by atoms with van der Waals surface area (Å²) in [5.74, 6) is -1.26. The van der Waals surface area contributed by atoms with Crippen molar-refractivity contribution >= 4 is 11.8 Å². The minimum Gasteiger partial charge on any atom is -0.406 e. The van der Waals surface area contributed by atoms with E-state index in [4.69, 9.17) is 0 Å². The van der Waals surface area contributed by atoms with Gasteiger partial charge >= 0.3 is 6.36 Å². The zero-order chi connectivity index (χ0) is 21.2. The van der Waals surface area contributed by atoms with Gasteiger partial charge in [0.25, 0.3) is 5.91 Å². The van der Waals surface area contributed by atoms with Crippen molar-refractivity contribution in [1.82, 2.24) is 9.80 Å². The molecule has 0 aromatic heterocycles. The molecule has 1 aromatic rings. The van der Waals surface area contributed by atoms with Crippen LogP contribution in [0.2, 0.25) is 0 Å². The maximum atomic E-state index is 15.4. The van der Waals surface area contributed by atoms with E-state index in [0.717, 1.165) is 6.08 Å². The van der Waals surface area contributed by atoms with Crippen LogP contribution in [0.5, 0.6) is 5.75 Å². The number of rotatable bonds is 4. The van der Waals surface area contributed by atoms with E-state index in [2.05, 4.69) is 11.3 Å². The molecule has 158 valence electrons. The van der Waals surface area contributed by atoms with Gasteiger partial charge in [0.1, 0.15) is 5.75 Å². The van der Waals surface area contributed by atoms with E-state index in [0.29, 0.717) is 24.9 Å². The molecule has 9 heteroatoms. The van der Waals surface area contributed by atoms with Crippen LogP contribution in [0, 0.1) is 0 Å². The Hall–Kier alpha value is -2.58. The molecule has 1 atom stereocenters. The van der Waals surface area contributed by atoms with E-state index < -0.39 is 24.0 Å². The van der Waals surface area contributed by atoms with Crippen molar-refractivity contribution in [2.75, 3.05) is 19.6 Å². The van der Waals surface area contributed by atoms with Gasteiger partial charge in [0.05, 0.1) is 6.04 Å². The van der Waals surface area contributed by atoms with Gasteiger partial charge < -0.3 is 14.5 Å². The first-order valence-corrected chi connectivity index (χ1v) is 9.40. The van der Waals surface area contributed by atoms with Gasteiger partial charge in [-0.1, -0.05) is 18.7 Å². The maximum absolute atomic E-state index is 15.4. The number of nitrogens with zero attached hydrogens (tertiary/aromatic N) is 2. The van der Waals surface area contributed by atoms with E-state index in [-0.39, 0.29) is 37.6 Å². The molecule has 29 heavy (non-hydrogen) atoms. The molecule has 2 heterocycles. The molecule has 2 aliphatic rings. The van der Waals surface area contributed by atoms with Crippen LogP contribution in [0.4, 0.5) is 17.6 Å². The molecule has 1 aromatic carbocycles. The summed E-state index contributed by atoms with van der Waals surface area (Å²) < 4.78 is 56.2. The summed E-state index contributed by atoms with van der Waals surface area (Å²) in [5, 5.41) is 0. The Bertz CT molecular complexity index is 771. The van der Waals surface area contributed by atoms with Crippen molar-refractivity contribution in [2.45, 2.75) is 43.8 Å². The number of amides is 2. The Labute approximate surface area is 165 Å². The fourth-order valence-electron chi connectivity index (χ4n) is 3.93. The maximum Gasteiger partial charge on any atom is 0.573 e. The number of hydrogen-bond acceptors (Lipinski definition) is 3. The average molecular weight is 414 g/mol. The molecule has 2 amide bonds. The van der Waals surface area contributed by atoms with Gasteiger partial charge in [0, 0.05) is 32.5 Å². The molecule has 0 spiro atoms. The minimum absolute atomic E-state index is 0.0903. The highest BCUT2D eigenvalue weighted by Gasteiger charge is 2.47. The number of likely N-dealkylation sites (tertiary alicyclic amines) is 2. The van der Waals surface area contributed by atoms with Gasteiger partial charge in [-0.3, -0.25) is 9.59 Å². The van der Waals surface area contributed by atoms with E-state index >= 15 is 4.39 Å². The monoisotopic (exact) mass is 414 g/mol.